The zero-order chi connectivity index (χ0) is 20.2. The van der Waals surface area contributed by atoms with Crippen molar-refractivity contribution in [1.82, 2.24) is 0 Å². The molecule has 1 nitrogen and oxygen atoms in total. The van der Waals surface area contributed by atoms with Crippen molar-refractivity contribution in [2.45, 2.75) is 47.5 Å². The first-order valence-electron chi connectivity index (χ1n) is 9.55. The lowest BCUT2D eigenvalue weighted by atomic mass is 9.92. The minimum absolute atomic E-state index is 0.781. The molecule has 0 unspecified atom stereocenters. The van der Waals surface area contributed by atoms with E-state index in [2.05, 4.69) is 83.4 Å². The van der Waals surface area contributed by atoms with E-state index < -0.39 is 0 Å². The summed E-state index contributed by atoms with van der Waals surface area (Å²) in [7, 11) is 0. The molecule has 0 aliphatic carbocycles. The molecule has 0 aromatic rings. The second kappa shape index (κ2) is 11.9. The summed E-state index contributed by atoms with van der Waals surface area (Å²) in [4.78, 5) is 4.70. The van der Waals surface area contributed by atoms with Gasteiger partial charge >= 0.3 is 0 Å². The second-order valence-corrected chi connectivity index (χ2v) is 6.58. The van der Waals surface area contributed by atoms with Crippen LogP contribution >= 0.6 is 0 Å². The van der Waals surface area contributed by atoms with Crippen LogP contribution in [0.15, 0.2) is 112 Å². The molecule has 1 heterocycles. The van der Waals surface area contributed by atoms with Crippen LogP contribution < -0.4 is 0 Å². The Labute approximate surface area is 166 Å². The van der Waals surface area contributed by atoms with E-state index in [1.54, 1.807) is 0 Å². The average Bonchev–Trinajstić information content (AvgIpc) is 2.67. The van der Waals surface area contributed by atoms with Crippen LogP contribution in [0.25, 0.3) is 0 Å². The van der Waals surface area contributed by atoms with Crippen molar-refractivity contribution in [1.29, 1.82) is 0 Å². The van der Waals surface area contributed by atoms with Crippen LogP contribution in [-0.2, 0) is 0 Å². The zero-order valence-electron chi connectivity index (χ0n) is 17.5. The maximum absolute atomic E-state index is 4.70. The van der Waals surface area contributed by atoms with Gasteiger partial charge in [0.2, 0.25) is 0 Å². The van der Waals surface area contributed by atoms with Crippen LogP contribution in [0.3, 0.4) is 0 Å². The highest BCUT2D eigenvalue weighted by Gasteiger charge is 2.10. The quantitative estimate of drug-likeness (QED) is 0.430. The molecular formula is C26H33N. The highest BCUT2D eigenvalue weighted by Crippen LogP contribution is 2.28. The molecule has 0 amide bonds. The Morgan fingerprint density at radius 1 is 1.26 bits per heavy atom. The predicted octanol–water partition coefficient (Wildman–Crippen LogP) is 7.76. The number of hydrogen-bond acceptors (Lipinski definition) is 1. The molecule has 1 aliphatic heterocycles. The highest BCUT2D eigenvalue weighted by atomic mass is 14.7. The topological polar surface area (TPSA) is 12.4 Å². The van der Waals surface area contributed by atoms with Crippen molar-refractivity contribution in [3.63, 3.8) is 0 Å². The van der Waals surface area contributed by atoms with E-state index in [0.29, 0.717) is 0 Å². The van der Waals surface area contributed by atoms with E-state index in [-0.39, 0.29) is 0 Å². The Morgan fingerprint density at radius 2 is 2.00 bits per heavy atom. The minimum atomic E-state index is 0.781. The van der Waals surface area contributed by atoms with E-state index in [0.717, 1.165) is 40.8 Å². The molecular weight excluding hydrogens is 326 g/mol. The van der Waals surface area contributed by atoms with Gasteiger partial charge in [0.1, 0.15) is 0 Å². The van der Waals surface area contributed by atoms with Gasteiger partial charge in [-0.05, 0) is 56.4 Å². The van der Waals surface area contributed by atoms with Gasteiger partial charge in [-0.25, -0.2) is 0 Å². The summed E-state index contributed by atoms with van der Waals surface area (Å²) in [6.45, 7) is 18.6. The van der Waals surface area contributed by atoms with Gasteiger partial charge in [0.15, 0.2) is 0 Å². The Kier molecular flexibility index (Phi) is 9.82. The van der Waals surface area contributed by atoms with Crippen LogP contribution in [0.2, 0.25) is 0 Å². The van der Waals surface area contributed by atoms with E-state index in [9.17, 15) is 0 Å². The highest BCUT2D eigenvalue weighted by molar-refractivity contribution is 5.65. The molecule has 1 heteroatoms. The third kappa shape index (κ3) is 7.22. The summed E-state index contributed by atoms with van der Waals surface area (Å²) in [5, 5.41) is 0. The molecule has 0 N–H and O–H groups in total. The Bertz CT molecular complexity index is 799. The lowest BCUT2D eigenvalue weighted by Gasteiger charge is -2.14. The average molecular weight is 360 g/mol. The molecule has 0 saturated carbocycles. The number of rotatable bonds is 6. The van der Waals surface area contributed by atoms with Gasteiger partial charge in [0.25, 0.3) is 0 Å². The van der Waals surface area contributed by atoms with Crippen molar-refractivity contribution in [3.05, 3.63) is 107 Å². The summed E-state index contributed by atoms with van der Waals surface area (Å²) < 4.78 is 0. The smallest absolute Gasteiger partial charge is 0.0447 e. The van der Waals surface area contributed by atoms with Crippen molar-refractivity contribution < 1.29 is 0 Å². The van der Waals surface area contributed by atoms with E-state index in [4.69, 9.17) is 4.99 Å². The summed E-state index contributed by atoms with van der Waals surface area (Å²) in [6.07, 6.45) is 22.6. The molecule has 0 radical (unpaired) electrons. The number of aliphatic imine (C=N–C) groups is 1. The van der Waals surface area contributed by atoms with Crippen molar-refractivity contribution >= 4 is 6.21 Å². The van der Waals surface area contributed by atoms with E-state index in [1.165, 1.54) is 11.1 Å². The zero-order valence-corrected chi connectivity index (χ0v) is 17.5. The fourth-order valence-electron chi connectivity index (χ4n) is 2.84. The van der Waals surface area contributed by atoms with Gasteiger partial charge < -0.3 is 0 Å². The first kappa shape index (κ1) is 22.4. The van der Waals surface area contributed by atoms with Crippen LogP contribution in [0.4, 0.5) is 0 Å². The van der Waals surface area contributed by atoms with Crippen molar-refractivity contribution in [2.75, 3.05) is 0 Å². The van der Waals surface area contributed by atoms with Gasteiger partial charge in [-0.1, -0.05) is 80.3 Å². The molecule has 142 valence electrons. The Morgan fingerprint density at radius 3 is 2.59 bits per heavy atom. The Balaban J connectivity index is 3.58. The van der Waals surface area contributed by atoms with E-state index in [1.807, 2.05) is 25.3 Å². The molecule has 0 atom stereocenters. The number of allylic oxidation sites excluding steroid dienone is 16. The molecule has 1 rings (SSSR count). The molecule has 0 bridgehead atoms. The third-order valence-corrected chi connectivity index (χ3v) is 4.36. The summed E-state index contributed by atoms with van der Waals surface area (Å²) in [5.74, 6) is 0. The predicted molar refractivity (Wildman–Crippen MR) is 123 cm³/mol. The standard InChI is InChI=1S/C26H33N/c1-8-11-13-23(9-2)17-18-25-22(7)27-19-12-14-24(10-3)16-15-21(6)26(25)20(4)5/h8,10-11,13-19H,3-4,9,12H2,1-2,5-7H3/b11-8-,16-15-,18-17-,23-13+,24-14-,25-22-,26-21-,27-19+. The molecule has 0 spiro atoms. The maximum Gasteiger partial charge on any atom is 0.0447 e. The van der Waals surface area contributed by atoms with Gasteiger partial charge in [0.05, 0.1) is 0 Å². The van der Waals surface area contributed by atoms with Gasteiger partial charge in [-0.3, -0.25) is 4.99 Å². The summed E-state index contributed by atoms with van der Waals surface area (Å²) >= 11 is 0. The van der Waals surface area contributed by atoms with Crippen LogP contribution in [0, 0.1) is 0 Å². The molecule has 0 aromatic heterocycles. The fourth-order valence-corrected chi connectivity index (χ4v) is 2.84. The maximum atomic E-state index is 4.70. The summed E-state index contributed by atoms with van der Waals surface area (Å²) in [6, 6.07) is 0. The first-order chi connectivity index (χ1) is 12.9. The minimum Gasteiger partial charge on any atom is -0.265 e. The van der Waals surface area contributed by atoms with Crippen LogP contribution in [-0.4, -0.2) is 6.21 Å². The van der Waals surface area contributed by atoms with Crippen molar-refractivity contribution in [2.24, 2.45) is 4.99 Å². The molecule has 27 heavy (non-hydrogen) atoms. The van der Waals surface area contributed by atoms with Gasteiger partial charge in [-0.15, -0.1) is 0 Å². The monoisotopic (exact) mass is 359 g/mol. The molecule has 1 aliphatic rings. The second-order valence-electron chi connectivity index (χ2n) is 6.58. The number of nitrogens with zero attached hydrogens (tertiary/aromatic N) is 1. The normalized spacial score (nSPS) is 26.6. The Hall–Kier alpha value is -2.67. The molecule has 0 saturated heterocycles. The lowest BCUT2D eigenvalue weighted by molar-refractivity contribution is 1.14. The van der Waals surface area contributed by atoms with Crippen LogP contribution in [0.5, 0.6) is 0 Å². The van der Waals surface area contributed by atoms with Crippen LogP contribution in [0.1, 0.15) is 47.5 Å². The van der Waals surface area contributed by atoms with E-state index >= 15 is 0 Å². The molecule has 0 fully saturated rings. The van der Waals surface area contributed by atoms with Gasteiger partial charge in [-0.2, -0.15) is 0 Å². The molecule has 0 aromatic carbocycles. The SMILES string of the molecule is C=CC1=C/C/C=N/C(C)=C(/C=C\C(=C\C=C/C)CC)C(\C(=C)C)=C(C)/C=C\1. The number of hydrogen-bond donors (Lipinski definition) is 0. The lowest BCUT2D eigenvalue weighted by Crippen LogP contribution is -1.96. The fraction of sp³-hybridized carbons (Fsp3) is 0.269. The third-order valence-electron chi connectivity index (χ3n) is 4.36. The summed E-state index contributed by atoms with van der Waals surface area (Å²) in [5.41, 5.74) is 7.82. The van der Waals surface area contributed by atoms with Crippen molar-refractivity contribution in [3.8, 4) is 0 Å². The largest absolute Gasteiger partial charge is 0.265 e. The van der Waals surface area contributed by atoms with Gasteiger partial charge in [0, 0.05) is 23.9 Å². The first-order valence-corrected chi connectivity index (χ1v) is 9.55.